The molecule has 0 spiro atoms. The largest absolute Gasteiger partial charge is 0.497 e. The van der Waals surface area contributed by atoms with E-state index in [9.17, 15) is 4.79 Å². The molecule has 2 rings (SSSR count). The van der Waals surface area contributed by atoms with Crippen LogP contribution in [-0.2, 0) is 6.54 Å². The number of aromatic nitrogens is 1. The first-order chi connectivity index (χ1) is 9.62. The van der Waals surface area contributed by atoms with E-state index in [2.05, 4.69) is 15.6 Å². The van der Waals surface area contributed by atoms with E-state index in [1.807, 2.05) is 38.1 Å². The van der Waals surface area contributed by atoms with Gasteiger partial charge in [0.1, 0.15) is 5.75 Å². The topological polar surface area (TPSA) is 66.2 Å². The molecule has 1 heterocycles. The van der Waals surface area contributed by atoms with Gasteiger partial charge in [-0.1, -0.05) is 6.92 Å². The third-order valence-electron chi connectivity index (χ3n) is 3.31. The minimum absolute atomic E-state index is 0.143. The molecule has 1 aromatic carbocycles. The van der Waals surface area contributed by atoms with E-state index >= 15 is 0 Å². The van der Waals surface area contributed by atoms with Crippen molar-refractivity contribution in [3.05, 3.63) is 30.0 Å². The number of H-pyrrole nitrogens is 1. The number of fused-ring (bicyclic) bond motifs is 1. The lowest BCUT2D eigenvalue weighted by molar-refractivity contribution is 0.237. The van der Waals surface area contributed by atoms with E-state index < -0.39 is 0 Å². The number of ether oxygens (including phenoxy) is 1. The van der Waals surface area contributed by atoms with Crippen molar-refractivity contribution >= 4 is 16.9 Å². The first-order valence-corrected chi connectivity index (χ1v) is 6.82. The number of rotatable bonds is 5. The van der Waals surface area contributed by atoms with Crippen LogP contribution in [0.1, 0.15) is 26.0 Å². The zero-order valence-electron chi connectivity index (χ0n) is 12.1. The Morgan fingerprint density at radius 2 is 2.20 bits per heavy atom. The van der Waals surface area contributed by atoms with Gasteiger partial charge in [0.2, 0.25) is 0 Å². The van der Waals surface area contributed by atoms with Gasteiger partial charge >= 0.3 is 6.03 Å². The summed E-state index contributed by atoms with van der Waals surface area (Å²) in [4.78, 5) is 14.9. The van der Waals surface area contributed by atoms with Crippen LogP contribution in [0, 0.1) is 0 Å². The second-order valence-electron chi connectivity index (χ2n) is 4.88. The molecular formula is C15H21N3O2. The first-order valence-electron chi connectivity index (χ1n) is 6.82. The summed E-state index contributed by atoms with van der Waals surface area (Å²) in [6.07, 6.45) is 0.916. The monoisotopic (exact) mass is 275 g/mol. The van der Waals surface area contributed by atoms with E-state index in [0.29, 0.717) is 6.54 Å². The van der Waals surface area contributed by atoms with Gasteiger partial charge in [0.05, 0.1) is 13.7 Å². The summed E-state index contributed by atoms with van der Waals surface area (Å²) in [5.41, 5.74) is 2.00. The average Bonchev–Trinajstić information content (AvgIpc) is 2.86. The molecule has 3 N–H and O–H groups in total. The zero-order chi connectivity index (χ0) is 14.5. The zero-order valence-corrected chi connectivity index (χ0v) is 12.1. The van der Waals surface area contributed by atoms with E-state index in [0.717, 1.165) is 28.8 Å². The van der Waals surface area contributed by atoms with Crippen LogP contribution in [0.2, 0.25) is 0 Å². The highest BCUT2D eigenvalue weighted by Crippen LogP contribution is 2.21. The number of benzene rings is 1. The van der Waals surface area contributed by atoms with Crippen molar-refractivity contribution in [2.75, 3.05) is 7.11 Å². The van der Waals surface area contributed by atoms with Gasteiger partial charge in [-0.25, -0.2) is 4.79 Å². The lowest BCUT2D eigenvalue weighted by Crippen LogP contribution is -2.40. The summed E-state index contributed by atoms with van der Waals surface area (Å²) < 4.78 is 5.19. The minimum atomic E-state index is -0.143. The third kappa shape index (κ3) is 3.44. The Kier molecular flexibility index (Phi) is 4.50. The number of aromatic amines is 1. The fourth-order valence-corrected chi connectivity index (χ4v) is 1.95. The Bertz CT molecular complexity index is 592. The fourth-order valence-electron chi connectivity index (χ4n) is 1.95. The molecule has 2 aromatic rings. The summed E-state index contributed by atoms with van der Waals surface area (Å²) in [5.74, 6) is 0.825. The van der Waals surface area contributed by atoms with Gasteiger partial charge in [0, 0.05) is 22.6 Å². The summed E-state index contributed by atoms with van der Waals surface area (Å²) in [6, 6.07) is 7.90. The number of nitrogens with one attached hydrogen (secondary N) is 3. The van der Waals surface area contributed by atoms with Gasteiger partial charge < -0.3 is 20.4 Å². The van der Waals surface area contributed by atoms with Gasteiger partial charge in [0.25, 0.3) is 0 Å². The fraction of sp³-hybridized carbons (Fsp3) is 0.400. The molecule has 0 fully saturated rings. The van der Waals surface area contributed by atoms with Crippen molar-refractivity contribution in [2.24, 2.45) is 0 Å². The number of amides is 2. The number of carbonyl (C=O) groups is 1. The number of hydrogen-bond acceptors (Lipinski definition) is 2. The molecule has 2 amide bonds. The maximum atomic E-state index is 11.6. The second-order valence-corrected chi connectivity index (χ2v) is 4.88. The number of urea groups is 1. The van der Waals surface area contributed by atoms with Crippen molar-refractivity contribution < 1.29 is 9.53 Å². The third-order valence-corrected chi connectivity index (χ3v) is 3.31. The molecule has 5 nitrogen and oxygen atoms in total. The molecule has 0 aliphatic rings. The van der Waals surface area contributed by atoms with Gasteiger partial charge in [0.15, 0.2) is 0 Å². The van der Waals surface area contributed by atoms with E-state index in [4.69, 9.17) is 4.74 Å². The van der Waals surface area contributed by atoms with Crippen molar-refractivity contribution in [1.82, 2.24) is 15.6 Å². The van der Waals surface area contributed by atoms with Crippen molar-refractivity contribution in [1.29, 1.82) is 0 Å². The Morgan fingerprint density at radius 1 is 1.40 bits per heavy atom. The standard InChI is InChI=1S/C15H21N3O2/c1-4-10(2)17-15(19)16-9-12-7-11-8-13(20-3)5-6-14(11)18-12/h5-8,10,18H,4,9H2,1-3H3,(H2,16,17,19). The highest BCUT2D eigenvalue weighted by atomic mass is 16.5. The van der Waals surface area contributed by atoms with Crippen LogP contribution < -0.4 is 15.4 Å². The Labute approximate surface area is 118 Å². The molecule has 0 bridgehead atoms. The number of carbonyl (C=O) groups excluding carboxylic acids is 1. The lowest BCUT2D eigenvalue weighted by atomic mass is 10.2. The summed E-state index contributed by atoms with van der Waals surface area (Å²) in [5, 5.41) is 6.78. The van der Waals surface area contributed by atoms with E-state index in [1.165, 1.54) is 0 Å². The maximum Gasteiger partial charge on any atom is 0.315 e. The normalized spacial score (nSPS) is 12.2. The molecule has 0 saturated heterocycles. The van der Waals surface area contributed by atoms with Crippen LogP contribution in [0.15, 0.2) is 24.3 Å². The predicted octanol–water partition coefficient (Wildman–Crippen LogP) is 2.77. The number of methoxy groups -OCH3 is 1. The van der Waals surface area contributed by atoms with E-state index in [-0.39, 0.29) is 12.1 Å². The second kappa shape index (κ2) is 6.32. The van der Waals surface area contributed by atoms with Crippen LogP contribution in [0.3, 0.4) is 0 Å². The van der Waals surface area contributed by atoms with Crippen LogP contribution in [-0.4, -0.2) is 24.2 Å². The average molecular weight is 275 g/mol. The van der Waals surface area contributed by atoms with Crippen LogP contribution >= 0.6 is 0 Å². The SMILES string of the molecule is CCC(C)NC(=O)NCc1cc2cc(OC)ccc2[nH]1. The molecule has 0 aliphatic heterocycles. The summed E-state index contributed by atoms with van der Waals surface area (Å²) in [7, 11) is 1.65. The molecule has 1 atom stereocenters. The molecule has 0 radical (unpaired) electrons. The molecule has 0 aliphatic carbocycles. The molecule has 108 valence electrons. The van der Waals surface area contributed by atoms with Crippen molar-refractivity contribution in [3.8, 4) is 5.75 Å². The Balaban J connectivity index is 1.98. The van der Waals surface area contributed by atoms with Gasteiger partial charge in [-0.2, -0.15) is 0 Å². The quantitative estimate of drug-likeness (QED) is 0.785. The van der Waals surface area contributed by atoms with E-state index in [1.54, 1.807) is 7.11 Å². The van der Waals surface area contributed by atoms with Crippen molar-refractivity contribution in [2.45, 2.75) is 32.9 Å². The molecule has 5 heteroatoms. The predicted molar refractivity (Wildman–Crippen MR) is 80.0 cm³/mol. The van der Waals surface area contributed by atoms with Crippen LogP contribution in [0.25, 0.3) is 10.9 Å². The molecule has 20 heavy (non-hydrogen) atoms. The molecule has 1 aromatic heterocycles. The van der Waals surface area contributed by atoms with Gasteiger partial charge in [-0.15, -0.1) is 0 Å². The van der Waals surface area contributed by atoms with Crippen molar-refractivity contribution in [3.63, 3.8) is 0 Å². The van der Waals surface area contributed by atoms with Crippen LogP contribution in [0.5, 0.6) is 5.75 Å². The smallest absolute Gasteiger partial charge is 0.315 e. The van der Waals surface area contributed by atoms with Gasteiger partial charge in [-0.3, -0.25) is 0 Å². The van der Waals surface area contributed by atoms with Crippen LogP contribution in [0.4, 0.5) is 4.79 Å². The molecule has 0 saturated carbocycles. The summed E-state index contributed by atoms with van der Waals surface area (Å²) >= 11 is 0. The molecule has 1 unspecified atom stereocenters. The highest BCUT2D eigenvalue weighted by molar-refractivity contribution is 5.82. The Morgan fingerprint density at radius 3 is 2.90 bits per heavy atom. The Hall–Kier alpha value is -2.17. The number of hydrogen-bond donors (Lipinski definition) is 3. The maximum absolute atomic E-state index is 11.6. The lowest BCUT2D eigenvalue weighted by Gasteiger charge is -2.11. The first kappa shape index (κ1) is 14.2. The molecular weight excluding hydrogens is 254 g/mol. The van der Waals surface area contributed by atoms with Gasteiger partial charge in [-0.05, 0) is 37.6 Å². The minimum Gasteiger partial charge on any atom is -0.497 e. The summed E-state index contributed by atoms with van der Waals surface area (Å²) in [6.45, 7) is 4.49. The highest BCUT2D eigenvalue weighted by Gasteiger charge is 2.06.